The van der Waals surface area contributed by atoms with Gasteiger partial charge in [0.05, 0.1) is 17.2 Å². The smallest absolute Gasteiger partial charge is 0.225 e. The van der Waals surface area contributed by atoms with Gasteiger partial charge < -0.3 is 9.80 Å². The van der Waals surface area contributed by atoms with Crippen LogP contribution in [-0.2, 0) is 4.79 Å². The van der Waals surface area contributed by atoms with E-state index in [1.807, 2.05) is 69.0 Å². The van der Waals surface area contributed by atoms with Gasteiger partial charge in [0.25, 0.3) is 0 Å². The predicted octanol–water partition coefficient (Wildman–Crippen LogP) is 9.84. The second-order valence-electron chi connectivity index (χ2n) is 12.2. The molecule has 0 N–H and O–H groups in total. The highest BCUT2D eigenvalue weighted by atomic mass is 19.1. The van der Waals surface area contributed by atoms with E-state index < -0.39 is 0 Å². The molecule has 6 heteroatoms. The van der Waals surface area contributed by atoms with Crippen LogP contribution in [0.2, 0.25) is 0 Å². The van der Waals surface area contributed by atoms with Crippen LogP contribution >= 0.6 is 0 Å². The van der Waals surface area contributed by atoms with E-state index in [1.54, 1.807) is 12.1 Å². The van der Waals surface area contributed by atoms with E-state index in [-0.39, 0.29) is 23.2 Å². The SMILES string of the molecule is C=CN=C(C)C(/C(=C\C)c1ccccc1F)=C(\C)N1CCN(C(=O)C(C)C)CC1(C)C.CC/C=C/C=C(C#N)\C=C(/C)CCC. The average molecular weight is 615 g/mol. The lowest BCUT2D eigenvalue weighted by Gasteiger charge is -2.50. The molecule has 1 fully saturated rings. The van der Waals surface area contributed by atoms with Crippen molar-refractivity contribution < 1.29 is 9.18 Å². The summed E-state index contributed by atoms with van der Waals surface area (Å²) in [5, 5.41) is 8.85. The summed E-state index contributed by atoms with van der Waals surface area (Å²) in [6, 6.07) is 8.99. The summed E-state index contributed by atoms with van der Waals surface area (Å²) in [6.07, 6.45) is 14.5. The minimum absolute atomic E-state index is 0.0211. The number of amides is 1. The molecule has 1 aromatic rings. The number of halogens is 1. The molecule has 0 atom stereocenters. The Bertz CT molecular complexity index is 1380. The summed E-state index contributed by atoms with van der Waals surface area (Å²) >= 11 is 0. The number of nitrogens with zero attached hydrogens (tertiary/aromatic N) is 4. The zero-order chi connectivity index (χ0) is 34.2. The van der Waals surface area contributed by atoms with Crippen LogP contribution in [0.15, 0.2) is 94.8 Å². The largest absolute Gasteiger partial charge is 0.366 e. The van der Waals surface area contributed by atoms with Crippen molar-refractivity contribution in [1.82, 2.24) is 9.80 Å². The highest BCUT2D eigenvalue weighted by Gasteiger charge is 2.37. The number of hydrogen-bond acceptors (Lipinski definition) is 4. The van der Waals surface area contributed by atoms with E-state index in [2.05, 4.69) is 64.1 Å². The molecule has 0 radical (unpaired) electrons. The topological polar surface area (TPSA) is 59.7 Å². The lowest BCUT2D eigenvalue weighted by molar-refractivity contribution is -0.138. The van der Waals surface area contributed by atoms with Gasteiger partial charge in [-0.15, -0.1) is 0 Å². The van der Waals surface area contributed by atoms with E-state index in [0.717, 1.165) is 47.4 Å². The average Bonchev–Trinajstić information content (AvgIpc) is 2.99. The van der Waals surface area contributed by atoms with E-state index in [4.69, 9.17) is 5.26 Å². The molecule has 2 rings (SSSR count). The zero-order valence-corrected chi connectivity index (χ0v) is 29.4. The van der Waals surface area contributed by atoms with Crippen molar-refractivity contribution in [3.8, 4) is 6.07 Å². The van der Waals surface area contributed by atoms with Crippen molar-refractivity contribution in [2.24, 2.45) is 10.9 Å². The van der Waals surface area contributed by atoms with E-state index in [0.29, 0.717) is 25.2 Å². The molecule has 1 aliphatic rings. The van der Waals surface area contributed by atoms with Crippen LogP contribution in [0.5, 0.6) is 0 Å². The highest BCUT2D eigenvalue weighted by molar-refractivity contribution is 6.12. The maximum atomic E-state index is 14.7. The van der Waals surface area contributed by atoms with E-state index >= 15 is 0 Å². The molecule has 0 spiro atoms. The predicted molar refractivity (Wildman–Crippen MR) is 190 cm³/mol. The normalized spacial score (nSPS) is 16.7. The Morgan fingerprint density at radius 3 is 2.36 bits per heavy atom. The molecule has 0 bridgehead atoms. The Morgan fingerprint density at radius 1 is 1.18 bits per heavy atom. The Hall–Kier alpha value is -3.98. The van der Waals surface area contributed by atoms with Crippen molar-refractivity contribution >= 4 is 17.2 Å². The molecule has 1 amide bonds. The van der Waals surface area contributed by atoms with Gasteiger partial charge in [0, 0.05) is 54.3 Å². The summed E-state index contributed by atoms with van der Waals surface area (Å²) in [4.78, 5) is 21.3. The fraction of sp³-hybridized carbons (Fsp3) is 0.462. The van der Waals surface area contributed by atoms with Gasteiger partial charge in [-0.1, -0.05) is 82.7 Å². The molecule has 0 unspecified atom stereocenters. The summed E-state index contributed by atoms with van der Waals surface area (Å²) < 4.78 is 14.7. The van der Waals surface area contributed by atoms with Gasteiger partial charge >= 0.3 is 0 Å². The standard InChI is InChI=1S/C26H36FN3O.C13H19N/c1-9-21(22-13-11-12-14-23(22)27)24(19(5)28-10-2)20(6)30-16-15-29(17-26(30,7)8)25(31)18(3)4;1-4-6-7-9-13(11-14)10-12(3)8-5-2/h9-14,18H,2,15-17H2,1,3-8H3;6-7,9-10H,4-5,8H2,1-3H3/b21-9-,24-20-,28-19?;7-6+,12-10+,13-9+. The fourth-order valence-corrected chi connectivity index (χ4v) is 5.59. The highest BCUT2D eigenvalue weighted by Crippen LogP contribution is 2.34. The minimum atomic E-state index is -0.277. The van der Waals surface area contributed by atoms with Crippen molar-refractivity contribution in [2.45, 2.75) is 94.0 Å². The first kappa shape index (κ1) is 39.0. The van der Waals surface area contributed by atoms with Crippen molar-refractivity contribution in [3.05, 3.63) is 101 Å². The molecule has 1 heterocycles. The molecule has 244 valence electrons. The number of carbonyl (C=O) groups is 1. The van der Waals surface area contributed by atoms with Gasteiger partial charge in [0.1, 0.15) is 5.82 Å². The first-order valence-corrected chi connectivity index (χ1v) is 16.1. The summed E-state index contributed by atoms with van der Waals surface area (Å²) in [5.74, 6) is -0.106. The molecule has 1 saturated heterocycles. The third-order valence-electron chi connectivity index (χ3n) is 7.67. The maximum absolute atomic E-state index is 14.7. The Balaban J connectivity index is 0.000000609. The molecule has 5 nitrogen and oxygen atoms in total. The lowest BCUT2D eigenvalue weighted by Crippen LogP contribution is -2.60. The van der Waals surface area contributed by atoms with Crippen LogP contribution < -0.4 is 0 Å². The van der Waals surface area contributed by atoms with Gasteiger partial charge in [-0.3, -0.25) is 9.79 Å². The molecular formula is C39H55FN4O. The molecule has 0 aliphatic carbocycles. The Labute approximate surface area is 272 Å². The summed E-state index contributed by atoms with van der Waals surface area (Å²) in [5.41, 5.74) is 5.76. The van der Waals surface area contributed by atoms with Crippen molar-refractivity contribution in [2.75, 3.05) is 19.6 Å². The first-order chi connectivity index (χ1) is 21.3. The van der Waals surface area contributed by atoms with Crippen LogP contribution in [0.4, 0.5) is 4.39 Å². The second-order valence-corrected chi connectivity index (χ2v) is 12.2. The van der Waals surface area contributed by atoms with E-state index in [1.165, 1.54) is 17.8 Å². The van der Waals surface area contributed by atoms with Gasteiger partial charge in [-0.25, -0.2) is 4.39 Å². The quantitative estimate of drug-likeness (QED) is 0.142. The Morgan fingerprint density at radius 2 is 1.84 bits per heavy atom. The monoisotopic (exact) mass is 614 g/mol. The second kappa shape index (κ2) is 19.4. The van der Waals surface area contributed by atoms with Gasteiger partial charge in [-0.2, -0.15) is 5.26 Å². The molecular weight excluding hydrogens is 559 g/mol. The first-order valence-electron chi connectivity index (χ1n) is 16.1. The number of rotatable bonds is 11. The maximum Gasteiger partial charge on any atom is 0.225 e. The third-order valence-corrected chi connectivity index (χ3v) is 7.67. The van der Waals surface area contributed by atoms with Gasteiger partial charge in [-0.05, 0) is 78.2 Å². The molecule has 45 heavy (non-hydrogen) atoms. The molecule has 1 aliphatic heterocycles. The summed E-state index contributed by atoms with van der Waals surface area (Å²) in [6.45, 7) is 26.1. The number of allylic oxidation sites excluding steroid dienone is 10. The van der Waals surface area contributed by atoms with Crippen molar-refractivity contribution in [1.29, 1.82) is 5.26 Å². The number of nitriles is 1. The number of aliphatic imine (C=N–C) groups is 1. The van der Waals surface area contributed by atoms with Crippen LogP contribution in [0.1, 0.15) is 94.1 Å². The van der Waals surface area contributed by atoms with Crippen LogP contribution in [-0.4, -0.2) is 46.6 Å². The number of benzene rings is 1. The summed E-state index contributed by atoms with van der Waals surface area (Å²) in [7, 11) is 0. The van der Waals surface area contributed by atoms with Crippen molar-refractivity contribution in [3.63, 3.8) is 0 Å². The molecule has 0 aromatic heterocycles. The Kier molecular flexibility index (Phi) is 16.8. The number of carbonyl (C=O) groups excluding carboxylic acids is 1. The molecule has 0 saturated carbocycles. The van der Waals surface area contributed by atoms with Gasteiger partial charge in [0.15, 0.2) is 0 Å². The number of piperazine rings is 1. The zero-order valence-electron chi connectivity index (χ0n) is 29.4. The van der Waals surface area contributed by atoms with Gasteiger partial charge in [0.2, 0.25) is 5.91 Å². The van der Waals surface area contributed by atoms with Crippen LogP contribution in [0.3, 0.4) is 0 Å². The van der Waals surface area contributed by atoms with Crippen LogP contribution in [0, 0.1) is 23.1 Å². The number of hydrogen-bond donors (Lipinski definition) is 0. The molecule has 1 aromatic carbocycles. The lowest BCUT2D eigenvalue weighted by atomic mass is 9.89. The minimum Gasteiger partial charge on any atom is -0.366 e. The van der Waals surface area contributed by atoms with Crippen LogP contribution in [0.25, 0.3) is 5.57 Å². The van der Waals surface area contributed by atoms with E-state index in [9.17, 15) is 9.18 Å². The third kappa shape index (κ3) is 11.8. The fourth-order valence-electron chi connectivity index (χ4n) is 5.59.